The second-order valence-electron chi connectivity index (χ2n) is 7.65. The Kier molecular flexibility index (Phi) is 6.46. The van der Waals surface area contributed by atoms with E-state index in [4.69, 9.17) is 4.74 Å². The van der Waals surface area contributed by atoms with Crippen molar-refractivity contribution in [1.29, 1.82) is 0 Å². The lowest BCUT2D eigenvalue weighted by Crippen LogP contribution is -2.47. The minimum Gasteiger partial charge on any atom is -0.373 e. The fraction of sp³-hybridized carbons (Fsp3) is 0.571. The Labute approximate surface area is 166 Å². The molecule has 2 aliphatic heterocycles. The minimum atomic E-state index is -0.306. The van der Waals surface area contributed by atoms with Crippen molar-refractivity contribution in [3.8, 4) is 0 Å². The molecule has 0 aromatic heterocycles. The zero-order valence-electron chi connectivity index (χ0n) is 16.9. The first kappa shape index (κ1) is 20.5. The summed E-state index contributed by atoms with van der Waals surface area (Å²) < 4.78 is 5.72. The zero-order valence-corrected chi connectivity index (χ0v) is 16.9. The fourth-order valence-corrected chi connectivity index (χ4v) is 3.85. The van der Waals surface area contributed by atoms with E-state index >= 15 is 0 Å². The first-order valence-electron chi connectivity index (χ1n) is 10.1. The summed E-state index contributed by atoms with van der Waals surface area (Å²) in [6, 6.07) is 4.74. The number of hydrogen-bond donors (Lipinski definition) is 1. The van der Waals surface area contributed by atoms with Crippen LogP contribution < -0.4 is 5.32 Å². The molecular formula is C21H29N3O4. The van der Waals surface area contributed by atoms with Crippen molar-refractivity contribution in [1.82, 2.24) is 15.1 Å². The topological polar surface area (TPSA) is 79.0 Å². The molecule has 0 radical (unpaired) electrons. The fourth-order valence-electron chi connectivity index (χ4n) is 3.85. The highest BCUT2D eigenvalue weighted by Gasteiger charge is 2.35. The molecule has 1 N–H and O–H groups in total. The molecule has 1 saturated heterocycles. The number of imide groups is 1. The molecule has 7 nitrogen and oxygen atoms in total. The zero-order chi connectivity index (χ0) is 20.3. The van der Waals surface area contributed by atoms with Crippen LogP contribution in [0.1, 0.15) is 64.7 Å². The number of hydrogen-bond acceptors (Lipinski definition) is 5. The second-order valence-corrected chi connectivity index (χ2v) is 7.65. The van der Waals surface area contributed by atoms with Gasteiger partial charge in [-0.3, -0.25) is 24.2 Å². The summed E-state index contributed by atoms with van der Waals surface area (Å²) in [5, 5.41) is 2.91. The Hall–Kier alpha value is -2.25. The number of nitrogens with one attached hydrogen (secondary N) is 1. The first-order valence-corrected chi connectivity index (χ1v) is 10.1. The molecule has 28 heavy (non-hydrogen) atoms. The van der Waals surface area contributed by atoms with E-state index in [9.17, 15) is 14.4 Å². The number of amides is 3. The monoisotopic (exact) mass is 387 g/mol. The predicted octanol–water partition coefficient (Wildman–Crippen LogP) is 1.92. The Balaban J connectivity index is 1.58. The van der Waals surface area contributed by atoms with Crippen LogP contribution in [0.25, 0.3) is 0 Å². The second kappa shape index (κ2) is 8.84. The molecule has 1 fully saturated rings. The van der Waals surface area contributed by atoms with Crippen molar-refractivity contribution >= 4 is 17.7 Å². The molecule has 1 aromatic rings. The molecule has 1 aromatic carbocycles. The summed E-state index contributed by atoms with van der Waals surface area (Å²) in [5.41, 5.74) is 1.11. The number of nitrogens with zero attached hydrogens (tertiary/aromatic N) is 2. The first-order chi connectivity index (χ1) is 13.4. The summed E-state index contributed by atoms with van der Waals surface area (Å²) >= 11 is 0. The summed E-state index contributed by atoms with van der Waals surface area (Å²) in [5.74, 6) is -0.806. The van der Waals surface area contributed by atoms with Gasteiger partial charge in [-0.1, -0.05) is 13.3 Å². The molecule has 2 aliphatic rings. The third-order valence-corrected chi connectivity index (χ3v) is 5.18. The number of carbonyl (C=O) groups excluding carboxylic acids is 3. The number of benzene rings is 1. The summed E-state index contributed by atoms with van der Waals surface area (Å²) in [7, 11) is 0. The van der Waals surface area contributed by atoms with Gasteiger partial charge in [-0.25, -0.2) is 0 Å². The quantitative estimate of drug-likeness (QED) is 0.723. The molecule has 0 bridgehead atoms. The van der Waals surface area contributed by atoms with E-state index in [1.807, 2.05) is 20.8 Å². The number of carbonyl (C=O) groups is 3. The van der Waals surface area contributed by atoms with Crippen LogP contribution >= 0.6 is 0 Å². The van der Waals surface area contributed by atoms with E-state index in [1.165, 1.54) is 11.0 Å². The molecule has 7 heteroatoms. The van der Waals surface area contributed by atoms with Gasteiger partial charge in [-0.15, -0.1) is 0 Å². The molecule has 3 amide bonds. The van der Waals surface area contributed by atoms with E-state index in [0.29, 0.717) is 29.8 Å². The van der Waals surface area contributed by atoms with Crippen LogP contribution in [0.15, 0.2) is 18.2 Å². The van der Waals surface area contributed by atoms with E-state index in [1.54, 1.807) is 12.1 Å². The molecule has 2 atom stereocenters. The van der Waals surface area contributed by atoms with Gasteiger partial charge >= 0.3 is 0 Å². The van der Waals surface area contributed by atoms with Gasteiger partial charge in [0.25, 0.3) is 17.7 Å². The van der Waals surface area contributed by atoms with Crippen LogP contribution in [0.2, 0.25) is 0 Å². The van der Waals surface area contributed by atoms with Crippen LogP contribution in [-0.4, -0.2) is 72.5 Å². The smallest absolute Gasteiger partial charge is 0.261 e. The van der Waals surface area contributed by atoms with E-state index < -0.39 is 0 Å². The number of unbranched alkanes of at least 4 members (excludes halogenated alkanes) is 1. The lowest BCUT2D eigenvalue weighted by atomic mass is 10.1. The molecule has 152 valence electrons. The van der Waals surface area contributed by atoms with Crippen molar-refractivity contribution < 1.29 is 19.1 Å². The summed E-state index contributed by atoms with van der Waals surface area (Å²) in [6.07, 6.45) is 2.06. The maximum Gasteiger partial charge on any atom is 0.261 e. The van der Waals surface area contributed by atoms with Crippen LogP contribution in [0.4, 0.5) is 0 Å². The number of rotatable bonds is 7. The van der Waals surface area contributed by atoms with Gasteiger partial charge in [0.05, 0.1) is 23.3 Å². The predicted molar refractivity (Wildman–Crippen MR) is 105 cm³/mol. The maximum absolute atomic E-state index is 12.5. The van der Waals surface area contributed by atoms with E-state index in [0.717, 1.165) is 32.5 Å². The molecule has 3 rings (SSSR count). The van der Waals surface area contributed by atoms with Crippen LogP contribution in [-0.2, 0) is 4.74 Å². The Bertz CT molecular complexity index is 754. The van der Waals surface area contributed by atoms with Crippen LogP contribution in [0, 0.1) is 0 Å². The average Bonchev–Trinajstić information content (AvgIpc) is 2.89. The SMILES string of the molecule is CCCCN1C(=O)c2ccc(C(=O)NCCN3CC(C)OC(C)C3)cc2C1=O. The molecule has 0 aliphatic carbocycles. The van der Waals surface area contributed by atoms with Crippen molar-refractivity contribution in [3.63, 3.8) is 0 Å². The van der Waals surface area contributed by atoms with Crippen molar-refractivity contribution in [2.45, 2.75) is 45.8 Å². The van der Waals surface area contributed by atoms with Gasteiger partial charge in [-0.2, -0.15) is 0 Å². The Morgan fingerprint density at radius 2 is 1.79 bits per heavy atom. The molecular weight excluding hydrogens is 358 g/mol. The van der Waals surface area contributed by atoms with Gasteiger partial charge in [0.2, 0.25) is 0 Å². The highest BCUT2D eigenvalue weighted by Crippen LogP contribution is 2.24. The van der Waals surface area contributed by atoms with Gasteiger partial charge in [0, 0.05) is 38.3 Å². The normalized spacial score (nSPS) is 22.5. The van der Waals surface area contributed by atoms with E-state index in [2.05, 4.69) is 10.2 Å². The Morgan fingerprint density at radius 1 is 1.11 bits per heavy atom. The lowest BCUT2D eigenvalue weighted by Gasteiger charge is -2.35. The average molecular weight is 387 g/mol. The number of ether oxygens (including phenoxy) is 1. The highest BCUT2D eigenvalue weighted by molar-refractivity contribution is 6.22. The third-order valence-electron chi connectivity index (χ3n) is 5.18. The summed E-state index contributed by atoms with van der Waals surface area (Å²) in [4.78, 5) is 40.9. The maximum atomic E-state index is 12.5. The van der Waals surface area contributed by atoms with Crippen molar-refractivity contribution in [2.24, 2.45) is 0 Å². The van der Waals surface area contributed by atoms with Gasteiger partial charge < -0.3 is 10.1 Å². The standard InChI is InChI=1S/C21H29N3O4/c1-4-5-9-24-20(26)17-7-6-16(11-18(17)21(24)27)19(25)22-8-10-23-12-14(2)28-15(3)13-23/h6-7,11,14-15H,4-5,8-10,12-13H2,1-3H3,(H,22,25). The molecule has 0 spiro atoms. The number of morpholine rings is 1. The molecule has 2 heterocycles. The number of fused-ring (bicyclic) bond motifs is 1. The van der Waals surface area contributed by atoms with E-state index in [-0.39, 0.29) is 29.9 Å². The minimum absolute atomic E-state index is 0.190. The summed E-state index contributed by atoms with van der Waals surface area (Å²) in [6.45, 7) is 9.50. The van der Waals surface area contributed by atoms with Crippen LogP contribution in [0.3, 0.4) is 0 Å². The van der Waals surface area contributed by atoms with Gasteiger partial charge in [-0.05, 0) is 38.5 Å². The van der Waals surface area contributed by atoms with Gasteiger partial charge in [0.15, 0.2) is 0 Å². The highest BCUT2D eigenvalue weighted by atomic mass is 16.5. The Morgan fingerprint density at radius 3 is 2.46 bits per heavy atom. The largest absolute Gasteiger partial charge is 0.373 e. The molecule has 2 unspecified atom stereocenters. The molecule has 0 saturated carbocycles. The van der Waals surface area contributed by atoms with Crippen molar-refractivity contribution in [3.05, 3.63) is 34.9 Å². The third kappa shape index (κ3) is 4.42. The van der Waals surface area contributed by atoms with Gasteiger partial charge in [0.1, 0.15) is 0 Å². The lowest BCUT2D eigenvalue weighted by molar-refractivity contribution is -0.0672. The van der Waals surface area contributed by atoms with Crippen LogP contribution in [0.5, 0.6) is 0 Å². The van der Waals surface area contributed by atoms with Crippen molar-refractivity contribution in [2.75, 3.05) is 32.7 Å².